The molecule has 1 aliphatic rings. The molecule has 22 heavy (non-hydrogen) atoms. The van der Waals surface area contributed by atoms with Crippen molar-refractivity contribution in [2.75, 3.05) is 13.1 Å². The molecule has 0 aromatic heterocycles. The average molecular weight is 312 g/mol. The van der Waals surface area contributed by atoms with E-state index in [0.717, 1.165) is 31.4 Å². The molecule has 2 rings (SSSR count). The molecule has 5 nitrogen and oxygen atoms in total. The maximum absolute atomic E-state index is 13.0. The van der Waals surface area contributed by atoms with Crippen molar-refractivity contribution in [1.29, 1.82) is 0 Å². The Bertz CT molecular complexity index is 545. The molecule has 2 unspecified atom stereocenters. The van der Waals surface area contributed by atoms with Crippen molar-refractivity contribution in [3.05, 3.63) is 35.4 Å². The Hall–Kier alpha value is -2.02. The molecular weight excluding hydrogens is 294 g/mol. The lowest BCUT2D eigenvalue weighted by Crippen LogP contribution is -2.40. The normalized spacial score (nSPS) is 20.7. The number of aliphatic hydroxyl groups is 1. The van der Waals surface area contributed by atoms with Gasteiger partial charge in [-0.25, -0.2) is 8.78 Å². The molecule has 3 N–H and O–H groups in total. The van der Waals surface area contributed by atoms with E-state index in [9.17, 15) is 23.5 Å². The molecule has 1 aromatic rings. The third kappa shape index (κ3) is 4.49. The molecule has 0 saturated heterocycles. The highest BCUT2D eigenvalue weighted by molar-refractivity contribution is 5.96. The third-order valence-corrected chi connectivity index (χ3v) is 3.71. The van der Waals surface area contributed by atoms with Gasteiger partial charge in [-0.3, -0.25) is 9.59 Å². The molecule has 1 fully saturated rings. The van der Waals surface area contributed by atoms with Gasteiger partial charge in [-0.05, 0) is 25.0 Å². The summed E-state index contributed by atoms with van der Waals surface area (Å²) in [7, 11) is 0. The van der Waals surface area contributed by atoms with Crippen LogP contribution in [-0.2, 0) is 4.79 Å². The van der Waals surface area contributed by atoms with Crippen LogP contribution in [0.15, 0.2) is 18.2 Å². The number of amides is 2. The van der Waals surface area contributed by atoms with E-state index in [0.29, 0.717) is 12.6 Å². The van der Waals surface area contributed by atoms with Crippen LogP contribution in [0.1, 0.15) is 29.6 Å². The van der Waals surface area contributed by atoms with Gasteiger partial charge in [0.15, 0.2) is 0 Å². The van der Waals surface area contributed by atoms with Gasteiger partial charge in [0.1, 0.15) is 11.6 Å². The second-order valence-electron chi connectivity index (χ2n) is 5.40. The Kier molecular flexibility index (Phi) is 5.43. The highest BCUT2D eigenvalue weighted by Gasteiger charge is 2.25. The number of carbonyl (C=O) groups is 2. The standard InChI is InChI=1S/C15H18F2N2O3/c16-11-4-10(5-12(17)6-11)15(22)19-8-14(21)18-7-9-2-1-3-13(9)20/h4-6,9,13,20H,1-3,7-8H2,(H,18,21)(H,19,22). The minimum atomic E-state index is -0.857. The zero-order valence-corrected chi connectivity index (χ0v) is 11.9. The van der Waals surface area contributed by atoms with E-state index in [1.807, 2.05) is 0 Å². The quantitative estimate of drug-likeness (QED) is 0.758. The van der Waals surface area contributed by atoms with Crippen molar-refractivity contribution in [1.82, 2.24) is 10.6 Å². The van der Waals surface area contributed by atoms with E-state index in [-0.39, 0.29) is 18.0 Å². The van der Waals surface area contributed by atoms with Crippen LogP contribution in [0.2, 0.25) is 0 Å². The van der Waals surface area contributed by atoms with Crippen molar-refractivity contribution >= 4 is 11.8 Å². The summed E-state index contributed by atoms with van der Waals surface area (Å²) in [5.74, 6) is -2.81. The fraction of sp³-hybridized carbons (Fsp3) is 0.467. The van der Waals surface area contributed by atoms with Gasteiger partial charge >= 0.3 is 0 Å². The Balaban J connectivity index is 1.76. The van der Waals surface area contributed by atoms with E-state index >= 15 is 0 Å². The fourth-order valence-electron chi connectivity index (χ4n) is 2.51. The zero-order valence-electron chi connectivity index (χ0n) is 11.9. The average Bonchev–Trinajstić information content (AvgIpc) is 2.86. The number of nitrogens with one attached hydrogen (secondary N) is 2. The molecule has 0 aliphatic heterocycles. The minimum Gasteiger partial charge on any atom is -0.393 e. The first kappa shape index (κ1) is 16.4. The van der Waals surface area contributed by atoms with Crippen molar-refractivity contribution in [2.45, 2.75) is 25.4 Å². The number of hydrogen-bond donors (Lipinski definition) is 3. The van der Waals surface area contributed by atoms with Gasteiger partial charge in [0, 0.05) is 24.1 Å². The Morgan fingerprint density at radius 1 is 1.14 bits per heavy atom. The first-order valence-corrected chi connectivity index (χ1v) is 7.15. The first-order valence-electron chi connectivity index (χ1n) is 7.15. The molecule has 2 atom stereocenters. The molecule has 0 bridgehead atoms. The summed E-state index contributed by atoms with van der Waals surface area (Å²) in [6, 6.07) is 2.45. The van der Waals surface area contributed by atoms with Gasteiger partial charge in [0.05, 0.1) is 12.6 Å². The van der Waals surface area contributed by atoms with Gasteiger partial charge in [0.25, 0.3) is 5.91 Å². The number of hydrogen-bond acceptors (Lipinski definition) is 3. The topological polar surface area (TPSA) is 78.4 Å². The first-order chi connectivity index (χ1) is 10.5. The molecule has 1 aliphatic carbocycles. The summed E-state index contributed by atoms with van der Waals surface area (Å²) >= 11 is 0. The molecule has 7 heteroatoms. The third-order valence-electron chi connectivity index (χ3n) is 3.71. The number of halogens is 2. The second kappa shape index (κ2) is 7.31. The van der Waals surface area contributed by atoms with E-state index < -0.39 is 29.6 Å². The van der Waals surface area contributed by atoms with Crippen LogP contribution in [-0.4, -0.2) is 36.1 Å². The zero-order chi connectivity index (χ0) is 16.1. The van der Waals surface area contributed by atoms with Crippen LogP contribution in [0.25, 0.3) is 0 Å². The van der Waals surface area contributed by atoms with Crippen LogP contribution in [0.3, 0.4) is 0 Å². The van der Waals surface area contributed by atoms with Crippen molar-refractivity contribution in [3.63, 3.8) is 0 Å². The van der Waals surface area contributed by atoms with Crippen molar-refractivity contribution in [2.24, 2.45) is 5.92 Å². The minimum absolute atomic E-state index is 0.0389. The lowest BCUT2D eigenvalue weighted by atomic mass is 10.1. The largest absolute Gasteiger partial charge is 0.393 e. The van der Waals surface area contributed by atoms with Crippen molar-refractivity contribution in [3.8, 4) is 0 Å². The molecule has 0 spiro atoms. The smallest absolute Gasteiger partial charge is 0.251 e. The van der Waals surface area contributed by atoms with Gasteiger partial charge in [-0.1, -0.05) is 6.42 Å². The maximum atomic E-state index is 13.0. The van der Waals surface area contributed by atoms with E-state index in [1.165, 1.54) is 0 Å². The summed E-state index contributed by atoms with van der Waals surface area (Å²) in [5.41, 5.74) is -0.184. The van der Waals surface area contributed by atoms with Crippen LogP contribution in [0, 0.1) is 17.6 Å². The molecule has 1 aromatic carbocycles. The monoisotopic (exact) mass is 312 g/mol. The van der Waals surface area contributed by atoms with Crippen LogP contribution in [0.5, 0.6) is 0 Å². The van der Waals surface area contributed by atoms with Gasteiger partial charge < -0.3 is 15.7 Å². The predicted molar refractivity (Wildman–Crippen MR) is 75.0 cm³/mol. The van der Waals surface area contributed by atoms with Crippen LogP contribution in [0.4, 0.5) is 8.78 Å². The lowest BCUT2D eigenvalue weighted by molar-refractivity contribution is -0.120. The van der Waals surface area contributed by atoms with Gasteiger partial charge in [0.2, 0.25) is 5.91 Å². The highest BCUT2D eigenvalue weighted by atomic mass is 19.1. The molecular formula is C15H18F2N2O3. The van der Waals surface area contributed by atoms with E-state index in [4.69, 9.17) is 0 Å². The lowest BCUT2D eigenvalue weighted by Gasteiger charge is -2.15. The van der Waals surface area contributed by atoms with E-state index in [1.54, 1.807) is 0 Å². The Labute approximate surface area is 126 Å². The molecule has 0 radical (unpaired) electrons. The highest BCUT2D eigenvalue weighted by Crippen LogP contribution is 2.24. The Morgan fingerprint density at radius 2 is 1.82 bits per heavy atom. The van der Waals surface area contributed by atoms with Gasteiger partial charge in [-0.15, -0.1) is 0 Å². The number of rotatable bonds is 5. The molecule has 1 saturated carbocycles. The number of carbonyl (C=O) groups excluding carboxylic acids is 2. The number of aliphatic hydroxyl groups excluding tert-OH is 1. The summed E-state index contributed by atoms with van der Waals surface area (Å²) < 4.78 is 26.0. The number of benzene rings is 1. The summed E-state index contributed by atoms with van der Waals surface area (Å²) in [5, 5.41) is 14.5. The summed E-state index contributed by atoms with van der Waals surface area (Å²) in [6.45, 7) is 0.0598. The SMILES string of the molecule is O=C(CNC(=O)c1cc(F)cc(F)c1)NCC1CCCC1O. The predicted octanol–water partition coefficient (Wildman–Crippen LogP) is 0.972. The second-order valence-corrected chi connectivity index (χ2v) is 5.40. The van der Waals surface area contributed by atoms with Crippen molar-refractivity contribution < 1.29 is 23.5 Å². The van der Waals surface area contributed by atoms with Crippen LogP contribution < -0.4 is 10.6 Å². The molecule has 2 amide bonds. The van der Waals surface area contributed by atoms with Gasteiger partial charge in [-0.2, -0.15) is 0 Å². The van der Waals surface area contributed by atoms with E-state index in [2.05, 4.69) is 10.6 Å². The molecule has 120 valence electrons. The maximum Gasteiger partial charge on any atom is 0.251 e. The summed E-state index contributed by atoms with van der Waals surface area (Å²) in [6.07, 6.45) is 2.13. The van der Waals surface area contributed by atoms with Crippen LogP contribution >= 0.6 is 0 Å². The fourth-order valence-corrected chi connectivity index (χ4v) is 2.51. The summed E-state index contributed by atoms with van der Waals surface area (Å²) in [4.78, 5) is 23.3. The Morgan fingerprint density at radius 3 is 2.41 bits per heavy atom. The molecule has 0 heterocycles.